The van der Waals surface area contributed by atoms with Crippen LogP contribution in [0.1, 0.15) is 16.8 Å². The summed E-state index contributed by atoms with van der Waals surface area (Å²) in [6, 6.07) is 2.10. The van der Waals surface area contributed by atoms with Gasteiger partial charge < -0.3 is 5.11 Å². The highest BCUT2D eigenvalue weighted by Gasteiger charge is 2.21. The van der Waals surface area contributed by atoms with E-state index in [0.29, 0.717) is 0 Å². The Bertz CT molecular complexity index is 593. The summed E-state index contributed by atoms with van der Waals surface area (Å²) in [6.45, 7) is 3.43. The second-order valence-corrected chi connectivity index (χ2v) is 6.36. The Labute approximate surface area is 115 Å². The summed E-state index contributed by atoms with van der Waals surface area (Å²) in [4.78, 5) is 10.7. The van der Waals surface area contributed by atoms with E-state index in [0.717, 1.165) is 12.1 Å². The molecular formula is C11H10Cl2O4S. The molecular weight excluding hydrogens is 299 g/mol. The first-order chi connectivity index (χ1) is 8.29. The van der Waals surface area contributed by atoms with Crippen molar-refractivity contribution in [2.45, 2.75) is 11.3 Å². The maximum atomic E-state index is 11.9. The molecule has 0 amide bonds. The molecule has 0 bridgehead atoms. The zero-order valence-electron chi connectivity index (χ0n) is 9.19. The van der Waals surface area contributed by atoms with Crippen LogP contribution in [0, 0.1) is 0 Å². The molecule has 0 saturated carbocycles. The Kier molecular flexibility index (Phi) is 4.78. The van der Waals surface area contributed by atoms with Crippen molar-refractivity contribution in [3.63, 3.8) is 0 Å². The van der Waals surface area contributed by atoms with Gasteiger partial charge in [-0.15, -0.1) is 6.58 Å². The molecule has 0 radical (unpaired) electrons. The van der Waals surface area contributed by atoms with Crippen LogP contribution in [0.5, 0.6) is 0 Å². The molecule has 0 aliphatic heterocycles. The topological polar surface area (TPSA) is 71.4 Å². The van der Waals surface area contributed by atoms with Crippen LogP contribution in [0.2, 0.25) is 10.0 Å². The minimum Gasteiger partial charge on any atom is -0.478 e. The first-order valence-electron chi connectivity index (χ1n) is 4.85. The van der Waals surface area contributed by atoms with Crippen LogP contribution >= 0.6 is 23.2 Å². The van der Waals surface area contributed by atoms with Gasteiger partial charge in [-0.3, -0.25) is 0 Å². The van der Waals surface area contributed by atoms with Crippen molar-refractivity contribution < 1.29 is 18.3 Å². The maximum absolute atomic E-state index is 11.9. The quantitative estimate of drug-likeness (QED) is 0.849. The van der Waals surface area contributed by atoms with Gasteiger partial charge in [-0.2, -0.15) is 0 Å². The fraction of sp³-hybridized carbons (Fsp3) is 0.182. The predicted molar refractivity (Wildman–Crippen MR) is 70.3 cm³/mol. The van der Waals surface area contributed by atoms with Crippen LogP contribution in [0.3, 0.4) is 0 Å². The molecule has 18 heavy (non-hydrogen) atoms. The average molecular weight is 309 g/mol. The third-order valence-electron chi connectivity index (χ3n) is 2.18. The first-order valence-corrected chi connectivity index (χ1v) is 7.26. The molecule has 1 rings (SSSR count). The van der Waals surface area contributed by atoms with Crippen LogP contribution in [0.4, 0.5) is 0 Å². The fourth-order valence-corrected chi connectivity index (χ4v) is 3.45. The number of halogens is 2. The van der Waals surface area contributed by atoms with Gasteiger partial charge in [0.1, 0.15) is 0 Å². The number of carboxylic acid groups (broad SMARTS) is 1. The number of allylic oxidation sites excluding steroid dienone is 1. The maximum Gasteiger partial charge on any atom is 0.337 e. The monoisotopic (exact) mass is 308 g/mol. The molecule has 0 heterocycles. The molecule has 0 aliphatic carbocycles. The molecule has 0 fully saturated rings. The molecule has 0 atom stereocenters. The molecule has 0 unspecified atom stereocenters. The Morgan fingerprint density at radius 3 is 2.44 bits per heavy atom. The lowest BCUT2D eigenvalue weighted by molar-refractivity contribution is 0.0697. The van der Waals surface area contributed by atoms with Crippen molar-refractivity contribution in [2.24, 2.45) is 0 Å². The van der Waals surface area contributed by atoms with E-state index >= 15 is 0 Å². The SMILES string of the molecule is C=CCCS(=O)(=O)c1cc(C(=O)O)c(Cl)cc1Cl. The highest BCUT2D eigenvalue weighted by molar-refractivity contribution is 7.91. The van der Waals surface area contributed by atoms with Gasteiger partial charge in [-0.25, -0.2) is 13.2 Å². The van der Waals surface area contributed by atoms with E-state index < -0.39 is 15.8 Å². The molecule has 0 aromatic heterocycles. The van der Waals surface area contributed by atoms with Crippen molar-refractivity contribution in [3.8, 4) is 0 Å². The second-order valence-electron chi connectivity index (χ2n) is 3.46. The highest BCUT2D eigenvalue weighted by atomic mass is 35.5. The number of carboxylic acids is 1. The van der Waals surface area contributed by atoms with Crippen LogP contribution < -0.4 is 0 Å². The summed E-state index contributed by atoms with van der Waals surface area (Å²) >= 11 is 11.5. The summed E-state index contributed by atoms with van der Waals surface area (Å²) in [6.07, 6.45) is 1.71. The number of hydrogen-bond acceptors (Lipinski definition) is 3. The van der Waals surface area contributed by atoms with Gasteiger partial charge in [0.05, 0.1) is 26.3 Å². The van der Waals surface area contributed by atoms with Crippen molar-refractivity contribution in [3.05, 3.63) is 40.4 Å². The van der Waals surface area contributed by atoms with E-state index in [1.54, 1.807) is 0 Å². The van der Waals surface area contributed by atoms with Crippen LogP contribution in [-0.4, -0.2) is 25.2 Å². The molecule has 0 aliphatic rings. The van der Waals surface area contributed by atoms with Gasteiger partial charge in [0.15, 0.2) is 9.84 Å². The number of rotatable bonds is 5. The number of sulfone groups is 1. The number of hydrogen-bond donors (Lipinski definition) is 1. The van der Waals surface area contributed by atoms with Gasteiger partial charge in [-0.05, 0) is 18.6 Å². The summed E-state index contributed by atoms with van der Waals surface area (Å²) in [7, 11) is -3.65. The van der Waals surface area contributed by atoms with Crippen molar-refractivity contribution in [1.29, 1.82) is 0 Å². The second kappa shape index (κ2) is 5.73. The smallest absolute Gasteiger partial charge is 0.337 e. The Balaban J connectivity index is 3.37. The van der Waals surface area contributed by atoms with E-state index in [4.69, 9.17) is 28.3 Å². The number of aromatic carboxylic acids is 1. The van der Waals surface area contributed by atoms with Gasteiger partial charge in [0, 0.05) is 0 Å². The van der Waals surface area contributed by atoms with E-state index in [2.05, 4.69) is 6.58 Å². The lowest BCUT2D eigenvalue weighted by atomic mass is 10.2. The lowest BCUT2D eigenvalue weighted by Crippen LogP contribution is -2.09. The van der Waals surface area contributed by atoms with Gasteiger partial charge in [-0.1, -0.05) is 29.3 Å². The molecule has 7 heteroatoms. The zero-order valence-corrected chi connectivity index (χ0v) is 11.5. The third-order valence-corrected chi connectivity index (χ3v) is 4.70. The largest absolute Gasteiger partial charge is 0.478 e. The molecule has 98 valence electrons. The predicted octanol–water partition coefficient (Wildman–Crippen LogP) is 3.04. The summed E-state index contributed by atoms with van der Waals surface area (Å²) < 4.78 is 23.9. The summed E-state index contributed by atoms with van der Waals surface area (Å²) in [5, 5.41) is 8.69. The average Bonchev–Trinajstić information content (AvgIpc) is 2.25. The van der Waals surface area contributed by atoms with Crippen molar-refractivity contribution in [2.75, 3.05) is 5.75 Å². The van der Waals surface area contributed by atoms with Crippen molar-refractivity contribution >= 4 is 39.0 Å². The van der Waals surface area contributed by atoms with Crippen LogP contribution in [0.25, 0.3) is 0 Å². The number of carbonyl (C=O) groups is 1. The summed E-state index contributed by atoms with van der Waals surface area (Å²) in [5.74, 6) is -1.49. The molecule has 1 N–H and O–H groups in total. The van der Waals surface area contributed by atoms with Crippen LogP contribution in [0.15, 0.2) is 29.7 Å². The molecule has 4 nitrogen and oxygen atoms in total. The lowest BCUT2D eigenvalue weighted by Gasteiger charge is -2.08. The number of benzene rings is 1. The van der Waals surface area contributed by atoms with Crippen LogP contribution in [-0.2, 0) is 9.84 Å². The van der Waals surface area contributed by atoms with E-state index in [-0.39, 0.29) is 32.7 Å². The van der Waals surface area contributed by atoms with E-state index in [9.17, 15) is 13.2 Å². The fourth-order valence-electron chi connectivity index (χ4n) is 1.28. The Morgan fingerprint density at radius 1 is 1.33 bits per heavy atom. The van der Waals surface area contributed by atoms with Gasteiger partial charge >= 0.3 is 5.97 Å². The minimum atomic E-state index is -3.65. The molecule has 1 aromatic carbocycles. The normalized spacial score (nSPS) is 11.2. The molecule has 0 saturated heterocycles. The van der Waals surface area contributed by atoms with Gasteiger partial charge in [0.2, 0.25) is 0 Å². The molecule has 0 spiro atoms. The van der Waals surface area contributed by atoms with E-state index in [1.165, 1.54) is 6.08 Å². The third kappa shape index (κ3) is 3.25. The van der Waals surface area contributed by atoms with Crippen molar-refractivity contribution in [1.82, 2.24) is 0 Å². The van der Waals surface area contributed by atoms with E-state index in [1.807, 2.05) is 0 Å². The molecule has 1 aromatic rings. The zero-order chi connectivity index (χ0) is 13.9. The standard InChI is InChI=1S/C11H10Cl2O4S/c1-2-3-4-18(16,17)10-5-7(11(14)15)8(12)6-9(10)13/h2,5-6H,1,3-4H2,(H,14,15). The first kappa shape index (κ1) is 15.0. The summed E-state index contributed by atoms with van der Waals surface area (Å²) in [5.41, 5.74) is -0.293. The highest BCUT2D eigenvalue weighted by Crippen LogP contribution is 2.29. The minimum absolute atomic E-state index is 0.0888. The van der Waals surface area contributed by atoms with Gasteiger partial charge in [0.25, 0.3) is 0 Å². The Hall–Kier alpha value is -1.04. The Morgan fingerprint density at radius 2 is 1.94 bits per heavy atom.